The first-order valence-electron chi connectivity index (χ1n) is 11.7. The van der Waals surface area contributed by atoms with E-state index in [4.69, 9.17) is 0 Å². The third-order valence-corrected chi connectivity index (χ3v) is 8.92. The zero-order chi connectivity index (χ0) is 26.6. The van der Waals surface area contributed by atoms with Crippen LogP contribution in [0.25, 0.3) is 5.76 Å². The fourth-order valence-electron chi connectivity index (χ4n) is 7.10. The van der Waals surface area contributed by atoms with Crippen LogP contribution < -0.4 is 0 Å². The van der Waals surface area contributed by atoms with Gasteiger partial charge in [0.2, 0.25) is 5.78 Å². The molecule has 1 aromatic carbocycles. The number of aliphatic hydroxyl groups is 4. The molecule has 0 radical (unpaired) electrons. The van der Waals surface area contributed by atoms with Gasteiger partial charge in [0, 0.05) is 16.7 Å². The molecule has 1 unspecified atom stereocenters. The van der Waals surface area contributed by atoms with Gasteiger partial charge in [-0.25, -0.2) is 0 Å². The highest BCUT2D eigenvalue weighted by molar-refractivity contribution is 6.24. The molecule has 3 aliphatic carbocycles. The smallest absolute Gasteiger partial charge is 0.203 e. The summed E-state index contributed by atoms with van der Waals surface area (Å²) in [6.45, 7) is 10.9. The molecule has 1 saturated carbocycles. The van der Waals surface area contributed by atoms with Crippen molar-refractivity contribution in [3.05, 3.63) is 45.7 Å². The van der Waals surface area contributed by atoms with E-state index in [1.54, 1.807) is 40.7 Å². The number of fused-ring (bicyclic) bond motifs is 3. The van der Waals surface area contributed by atoms with E-state index in [9.17, 15) is 39.9 Å². The average Bonchev–Trinajstić information content (AvgIpc) is 2.73. The number of aromatic hydroxyl groups is 1. The van der Waals surface area contributed by atoms with Crippen LogP contribution in [0.15, 0.2) is 29.0 Å². The summed E-state index contributed by atoms with van der Waals surface area (Å²) in [7, 11) is 0. The van der Waals surface area contributed by atoms with Crippen molar-refractivity contribution in [3.8, 4) is 5.75 Å². The Balaban J connectivity index is 2.18. The SMILES string of the molecule is CC(=O)C1=C(O)[C@]2(O)C(=O)C3=C(O)c4c(O)cc(C)cc4[C@@H](C)[C@]3(C)[C@@H](O)[C@]2(C)C(C(C)C)C1=O. The van der Waals surface area contributed by atoms with Crippen LogP contribution in [-0.2, 0) is 14.4 Å². The fourth-order valence-corrected chi connectivity index (χ4v) is 7.10. The molecule has 8 nitrogen and oxygen atoms in total. The van der Waals surface area contributed by atoms with Gasteiger partial charge in [-0.15, -0.1) is 0 Å². The molecule has 5 N–H and O–H groups in total. The van der Waals surface area contributed by atoms with Crippen LogP contribution in [0.3, 0.4) is 0 Å². The van der Waals surface area contributed by atoms with E-state index in [1.807, 2.05) is 0 Å². The topological polar surface area (TPSA) is 152 Å². The summed E-state index contributed by atoms with van der Waals surface area (Å²) in [5, 5.41) is 57.1. The van der Waals surface area contributed by atoms with Gasteiger partial charge in [-0.05, 0) is 42.9 Å². The van der Waals surface area contributed by atoms with Crippen LogP contribution in [0.2, 0.25) is 0 Å². The number of hydrogen-bond acceptors (Lipinski definition) is 8. The number of carbonyl (C=O) groups is 3. The van der Waals surface area contributed by atoms with Gasteiger partial charge >= 0.3 is 0 Å². The van der Waals surface area contributed by atoms with Crippen LogP contribution in [0.4, 0.5) is 0 Å². The van der Waals surface area contributed by atoms with Gasteiger partial charge in [0.25, 0.3) is 0 Å². The summed E-state index contributed by atoms with van der Waals surface area (Å²) in [6, 6.07) is 3.17. The molecular formula is C27H32O8. The largest absolute Gasteiger partial charge is 0.508 e. The zero-order valence-corrected chi connectivity index (χ0v) is 20.9. The van der Waals surface area contributed by atoms with Crippen molar-refractivity contribution in [2.45, 2.75) is 66.1 Å². The zero-order valence-electron chi connectivity index (χ0n) is 20.9. The molecule has 0 aliphatic heterocycles. The van der Waals surface area contributed by atoms with Gasteiger partial charge in [0.1, 0.15) is 22.8 Å². The lowest BCUT2D eigenvalue weighted by atomic mass is 9.40. The second kappa shape index (κ2) is 7.27. The van der Waals surface area contributed by atoms with E-state index in [-0.39, 0.29) is 16.9 Å². The highest BCUT2D eigenvalue weighted by atomic mass is 16.4. The Kier molecular flexibility index (Phi) is 5.22. The number of rotatable bonds is 2. The molecule has 8 heteroatoms. The van der Waals surface area contributed by atoms with Crippen molar-refractivity contribution in [1.82, 2.24) is 0 Å². The molecule has 1 fully saturated rings. The Morgan fingerprint density at radius 3 is 2.17 bits per heavy atom. The van der Waals surface area contributed by atoms with Gasteiger partial charge in [0.05, 0.1) is 17.2 Å². The minimum absolute atomic E-state index is 0.00545. The van der Waals surface area contributed by atoms with Crippen molar-refractivity contribution >= 4 is 23.1 Å². The van der Waals surface area contributed by atoms with Gasteiger partial charge in [-0.2, -0.15) is 0 Å². The number of aliphatic hydroxyl groups excluding tert-OH is 3. The van der Waals surface area contributed by atoms with Crippen LogP contribution in [-0.4, -0.2) is 54.6 Å². The molecule has 35 heavy (non-hydrogen) atoms. The predicted molar refractivity (Wildman–Crippen MR) is 127 cm³/mol. The number of benzene rings is 1. The van der Waals surface area contributed by atoms with Crippen LogP contribution in [0.5, 0.6) is 5.75 Å². The lowest BCUT2D eigenvalue weighted by Gasteiger charge is -2.63. The molecule has 0 saturated heterocycles. The minimum Gasteiger partial charge on any atom is -0.508 e. The maximum Gasteiger partial charge on any atom is 0.203 e. The summed E-state index contributed by atoms with van der Waals surface area (Å²) in [4.78, 5) is 40.1. The lowest BCUT2D eigenvalue weighted by molar-refractivity contribution is -0.215. The van der Waals surface area contributed by atoms with E-state index in [0.717, 1.165) is 6.92 Å². The second-order valence-corrected chi connectivity index (χ2v) is 11.1. The molecule has 188 valence electrons. The highest BCUT2D eigenvalue weighted by Gasteiger charge is 2.77. The van der Waals surface area contributed by atoms with E-state index in [0.29, 0.717) is 11.1 Å². The van der Waals surface area contributed by atoms with Crippen LogP contribution in [0.1, 0.15) is 64.2 Å². The number of phenolic OH excluding ortho intramolecular Hbond substituents is 1. The van der Waals surface area contributed by atoms with Gasteiger partial charge in [0.15, 0.2) is 17.2 Å². The quantitative estimate of drug-likeness (QED) is 0.402. The molecule has 3 aliphatic rings. The highest BCUT2D eigenvalue weighted by Crippen LogP contribution is 2.67. The van der Waals surface area contributed by atoms with E-state index >= 15 is 0 Å². The van der Waals surface area contributed by atoms with Crippen molar-refractivity contribution in [2.75, 3.05) is 0 Å². The molecular weight excluding hydrogens is 452 g/mol. The third kappa shape index (κ3) is 2.61. The number of ketones is 3. The standard InChI is InChI=1S/C27H32O8/c1-10(2)18-20(30)16(13(5)28)22(32)27(35)23(33)19-21(31)17-14(8-11(3)9-15(17)29)12(4)25(19,6)24(34)26(18,27)7/h8-10,12,18,24,29,31-32,34-35H,1-7H3/t12-,18?,24-,25+,26+,27+/m1/s1. The lowest BCUT2D eigenvalue weighted by Crippen LogP contribution is -2.75. The first-order chi connectivity index (χ1) is 16.0. The van der Waals surface area contributed by atoms with E-state index in [1.165, 1.54) is 13.0 Å². The average molecular weight is 485 g/mol. The molecule has 0 amide bonds. The molecule has 0 bridgehead atoms. The fraction of sp³-hybridized carbons (Fsp3) is 0.519. The minimum atomic E-state index is -2.86. The second-order valence-electron chi connectivity index (χ2n) is 11.1. The third-order valence-electron chi connectivity index (χ3n) is 8.92. The number of phenols is 1. The maximum atomic E-state index is 14.2. The predicted octanol–water partition coefficient (Wildman–Crippen LogP) is 3.03. The van der Waals surface area contributed by atoms with Crippen LogP contribution in [0, 0.1) is 29.6 Å². The summed E-state index contributed by atoms with van der Waals surface area (Å²) in [5.41, 5.74) is -6.15. The van der Waals surface area contributed by atoms with Crippen molar-refractivity contribution < 1.29 is 39.9 Å². The number of allylic oxidation sites excluding steroid dienone is 1. The van der Waals surface area contributed by atoms with Crippen LogP contribution >= 0.6 is 0 Å². The Bertz CT molecular complexity index is 1270. The first kappa shape index (κ1) is 25.1. The van der Waals surface area contributed by atoms with E-state index < -0.39 is 74.7 Å². The summed E-state index contributed by atoms with van der Waals surface area (Å²) < 4.78 is 0. The number of Topliss-reactive ketones (excluding diaryl/α,β-unsaturated/α-hetero) is 3. The molecule has 0 spiro atoms. The molecule has 6 atom stereocenters. The molecule has 4 rings (SSSR count). The van der Waals surface area contributed by atoms with Gasteiger partial charge < -0.3 is 25.5 Å². The summed E-state index contributed by atoms with van der Waals surface area (Å²) in [6.07, 6.45) is -1.62. The Labute approximate surface area is 203 Å². The molecule has 1 aromatic rings. The van der Waals surface area contributed by atoms with Crippen molar-refractivity contribution in [3.63, 3.8) is 0 Å². The van der Waals surface area contributed by atoms with Crippen molar-refractivity contribution in [2.24, 2.45) is 22.7 Å². The molecule has 0 aromatic heterocycles. The summed E-state index contributed by atoms with van der Waals surface area (Å²) >= 11 is 0. The molecule has 0 heterocycles. The summed E-state index contributed by atoms with van der Waals surface area (Å²) in [5.74, 6) is -7.05. The Morgan fingerprint density at radius 2 is 1.66 bits per heavy atom. The monoisotopic (exact) mass is 484 g/mol. The maximum absolute atomic E-state index is 14.2. The number of aryl methyl sites for hydroxylation is 1. The normalized spacial score (nSPS) is 36.8. The first-order valence-corrected chi connectivity index (χ1v) is 11.7. The van der Waals surface area contributed by atoms with Crippen molar-refractivity contribution in [1.29, 1.82) is 0 Å². The van der Waals surface area contributed by atoms with E-state index in [2.05, 4.69) is 0 Å². The number of hydrogen-bond donors (Lipinski definition) is 5. The number of carbonyl (C=O) groups excluding carboxylic acids is 3. The Morgan fingerprint density at radius 1 is 1.09 bits per heavy atom. The van der Waals surface area contributed by atoms with Gasteiger partial charge in [-0.3, -0.25) is 14.4 Å². The van der Waals surface area contributed by atoms with Gasteiger partial charge in [-0.1, -0.05) is 40.7 Å². The Hall–Kier alpha value is -2.97.